The number of hydrogen-bond acceptors (Lipinski definition) is 6. The van der Waals surface area contributed by atoms with Gasteiger partial charge in [-0.1, -0.05) is 6.07 Å². The second-order valence-corrected chi connectivity index (χ2v) is 4.65. The van der Waals surface area contributed by atoms with E-state index in [4.69, 9.17) is 14.2 Å². The molecule has 8 nitrogen and oxygen atoms in total. The van der Waals surface area contributed by atoms with Crippen LogP contribution < -0.4 is 15.4 Å². The molecule has 1 rings (SSSR count). The third-order valence-electron chi connectivity index (χ3n) is 2.97. The molecule has 0 aromatic heterocycles. The van der Waals surface area contributed by atoms with Crippen LogP contribution in [0.5, 0.6) is 5.75 Å². The summed E-state index contributed by atoms with van der Waals surface area (Å²) in [6.45, 7) is 4.09. The number of benzene rings is 1. The molecule has 2 amide bonds. The molecule has 1 aromatic rings. The minimum absolute atomic E-state index is 0.0190. The fourth-order valence-corrected chi connectivity index (χ4v) is 1.67. The highest BCUT2D eigenvalue weighted by Gasteiger charge is 2.09. The predicted molar refractivity (Wildman–Crippen MR) is 89.5 cm³/mol. The van der Waals surface area contributed by atoms with E-state index in [2.05, 4.69) is 22.3 Å². The molecule has 1 atom stereocenters. The molecule has 2 N–H and O–H groups in total. The van der Waals surface area contributed by atoms with Crippen molar-refractivity contribution in [3.8, 4) is 5.75 Å². The fourth-order valence-electron chi connectivity index (χ4n) is 1.67. The number of carbonyl (C=O) groups is 2. The molecule has 0 heterocycles. The standard InChI is InChI=1S/C16H23N3O5/c1-17-14(20)10-22-7-8-23-15(18-2)11-24-13-6-4-5-12(9-13)16(21)19-3/h4-6,9,15H,2,7-8,10-11H2,1,3H3,(H,17,20)(H,19,21). The highest BCUT2D eigenvalue weighted by Crippen LogP contribution is 2.14. The third kappa shape index (κ3) is 7.21. The second-order valence-electron chi connectivity index (χ2n) is 4.65. The Balaban J connectivity index is 2.34. The number of nitrogens with one attached hydrogen (secondary N) is 2. The molecule has 1 aromatic carbocycles. The zero-order chi connectivity index (χ0) is 17.8. The average Bonchev–Trinajstić information content (AvgIpc) is 2.63. The maximum atomic E-state index is 11.6. The maximum absolute atomic E-state index is 11.6. The van der Waals surface area contributed by atoms with Gasteiger partial charge in [-0.15, -0.1) is 0 Å². The van der Waals surface area contributed by atoms with Gasteiger partial charge in [-0.05, 0) is 24.9 Å². The smallest absolute Gasteiger partial charge is 0.251 e. The summed E-state index contributed by atoms with van der Waals surface area (Å²) >= 11 is 0. The van der Waals surface area contributed by atoms with Gasteiger partial charge in [0, 0.05) is 19.7 Å². The Morgan fingerprint density at radius 2 is 2.04 bits per heavy atom. The van der Waals surface area contributed by atoms with Crippen molar-refractivity contribution >= 4 is 18.5 Å². The van der Waals surface area contributed by atoms with Crippen LogP contribution >= 0.6 is 0 Å². The number of nitrogens with zero attached hydrogens (tertiary/aromatic N) is 1. The predicted octanol–water partition coefficient (Wildman–Crippen LogP) is 0.231. The summed E-state index contributed by atoms with van der Waals surface area (Å²) in [4.78, 5) is 26.4. The van der Waals surface area contributed by atoms with Crippen molar-refractivity contribution in [2.75, 3.05) is 40.5 Å². The largest absolute Gasteiger partial charge is 0.489 e. The molecule has 0 saturated carbocycles. The Morgan fingerprint density at radius 1 is 1.25 bits per heavy atom. The van der Waals surface area contributed by atoms with E-state index in [1.54, 1.807) is 31.3 Å². The van der Waals surface area contributed by atoms with Crippen LogP contribution in [0, 0.1) is 0 Å². The van der Waals surface area contributed by atoms with E-state index in [9.17, 15) is 9.59 Å². The van der Waals surface area contributed by atoms with Gasteiger partial charge in [-0.25, -0.2) is 0 Å². The number of aliphatic imine (C=N–C) groups is 1. The van der Waals surface area contributed by atoms with E-state index >= 15 is 0 Å². The Morgan fingerprint density at radius 3 is 2.71 bits per heavy atom. The molecule has 0 aliphatic carbocycles. The lowest BCUT2D eigenvalue weighted by Crippen LogP contribution is -2.25. The van der Waals surface area contributed by atoms with E-state index in [0.29, 0.717) is 11.3 Å². The fraction of sp³-hybridized carbons (Fsp3) is 0.438. The van der Waals surface area contributed by atoms with Crippen molar-refractivity contribution in [1.82, 2.24) is 10.6 Å². The Hall–Kier alpha value is -2.45. The van der Waals surface area contributed by atoms with Gasteiger partial charge < -0.3 is 24.8 Å². The lowest BCUT2D eigenvalue weighted by molar-refractivity contribution is -0.126. The van der Waals surface area contributed by atoms with Crippen molar-refractivity contribution in [2.45, 2.75) is 6.23 Å². The first-order chi connectivity index (χ1) is 11.6. The van der Waals surface area contributed by atoms with Gasteiger partial charge in [-0.2, -0.15) is 0 Å². The molecule has 0 aliphatic heterocycles. The lowest BCUT2D eigenvalue weighted by Gasteiger charge is -2.15. The number of amides is 2. The summed E-state index contributed by atoms with van der Waals surface area (Å²) < 4.78 is 16.1. The first-order valence-corrected chi connectivity index (χ1v) is 7.41. The summed E-state index contributed by atoms with van der Waals surface area (Å²) in [5.74, 6) is 0.139. The van der Waals surface area contributed by atoms with Crippen LogP contribution in [0.1, 0.15) is 10.4 Å². The molecule has 0 spiro atoms. The van der Waals surface area contributed by atoms with Crippen LogP contribution in [0.25, 0.3) is 0 Å². The molecule has 0 radical (unpaired) electrons. The topological polar surface area (TPSA) is 98.2 Å². The Labute approximate surface area is 141 Å². The van der Waals surface area contributed by atoms with Crippen LogP contribution in [-0.2, 0) is 14.3 Å². The zero-order valence-corrected chi connectivity index (χ0v) is 13.9. The van der Waals surface area contributed by atoms with Crippen LogP contribution in [0.2, 0.25) is 0 Å². The molecule has 24 heavy (non-hydrogen) atoms. The molecular weight excluding hydrogens is 314 g/mol. The molecule has 8 heteroatoms. The highest BCUT2D eigenvalue weighted by molar-refractivity contribution is 5.94. The second kappa shape index (κ2) is 11.1. The van der Waals surface area contributed by atoms with Crippen molar-refractivity contribution in [3.05, 3.63) is 29.8 Å². The van der Waals surface area contributed by atoms with Crippen molar-refractivity contribution < 1.29 is 23.8 Å². The number of rotatable bonds is 11. The maximum Gasteiger partial charge on any atom is 0.251 e. The summed E-state index contributed by atoms with van der Waals surface area (Å²) in [6.07, 6.45) is -0.572. The van der Waals surface area contributed by atoms with Crippen LogP contribution in [0.3, 0.4) is 0 Å². The van der Waals surface area contributed by atoms with Gasteiger partial charge in [0.1, 0.15) is 19.0 Å². The first kappa shape index (κ1) is 19.6. The third-order valence-corrected chi connectivity index (χ3v) is 2.97. The normalized spacial score (nSPS) is 11.4. The van der Waals surface area contributed by atoms with Crippen molar-refractivity contribution in [2.24, 2.45) is 4.99 Å². The number of hydrogen-bond donors (Lipinski definition) is 2. The summed E-state index contributed by atoms with van der Waals surface area (Å²) in [5.41, 5.74) is 0.502. The Kier molecular flexibility index (Phi) is 9.10. The SMILES string of the molecule is C=NC(COc1cccc(C(=O)NC)c1)OCCOCC(=O)NC. The van der Waals surface area contributed by atoms with E-state index in [0.717, 1.165) is 0 Å². The monoisotopic (exact) mass is 337 g/mol. The number of carbonyl (C=O) groups excluding carboxylic acids is 2. The minimum atomic E-state index is -0.572. The van der Waals surface area contributed by atoms with Gasteiger partial charge >= 0.3 is 0 Å². The molecule has 132 valence electrons. The zero-order valence-electron chi connectivity index (χ0n) is 13.9. The summed E-state index contributed by atoms with van der Waals surface area (Å²) in [7, 11) is 3.10. The van der Waals surface area contributed by atoms with Crippen LogP contribution in [0.4, 0.5) is 0 Å². The summed E-state index contributed by atoms with van der Waals surface area (Å²) in [6, 6.07) is 6.78. The molecule has 0 fully saturated rings. The van der Waals surface area contributed by atoms with E-state index in [1.165, 1.54) is 7.05 Å². The Bertz CT molecular complexity index is 550. The number of ether oxygens (including phenoxy) is 3. The molecule has 0 bridgehead atoms. The van der Waals surface area contributed by atoms with Gasteiger partial charge in [0.15, 0.2) is 6.23 Å². The van der Waals surface area contributed by atoms with E-state index in [1.807, 2.05) is 0 Å². The minimum Gasteiger partial charge on any atom is -0.489 e. The van der Waals surface area contributed by atoms with Crippen molar-refractivity contribution in [1.29, 1.82) is 0 Å². The molecule has 0 saturated heterocycles. The van der Waals surface area contributed by atoms with Gasteiger partial charge in [-0.3, -0.25) is 14.6 Å². The summed E-state index contributed by atoms with van der Waals surface area (Å²) in [5, 5.41) is 5.00. The number of likely N-dealkylation sites (N-methyl/N-ethyl adjacent to an activating group) is 1. The quantitative estimate of drug-likeness (QED) is 0.445. The first-order valence-electron chi connectivity index (χ1n) is 7.41. The van der Waals surface area contributed by atoms with Crippen molar-refractivity contribution in [3.63, 3.8) is 0 Å². The van der Waals surface area contributed by atoms with Gasteiger partial charge in [0.25, 0.3) is 5.91 Å². The van der Waals surface area contributed by atoms with E-state index in [-0.39, 0.29) is 38.2 Å². The lowest BCUT2D eigenvalue weighted by atomic mass is 10.2. The van der Waals surface area contributed by atoms with Crippen LogP contribution in [-0.4, -0.2) is 65.3 Å². The molecular formula is C16H23N3O5. The van der Waals surface area contributed by atoms with Gasteiger partial charge in [0.05, 0.1) is 13.2 Å². The van der Waals surface area contributed by atoms with Gasteiger partial charge in [0.2, 0.25) is 5.91 Å². The van der Waals surface area contributed by atoms with E-state index < -0.39 is 6.23 Å². The highest BCUT2D eigenvalue weighted by atomic mass is 16.6. The molecule has 0 aliphatic rings. The average molecular weight is 337 g/mol. The van der Waals surface area contributed by atoms with Crippen LogP contribution in [0.15, 0.2) is 29.3 Å². The molecule has 1 unspecified atom stereocenters.